The Morgan fingerprint density at radius 1 is 1.19 bits per heavy atom. The molecule has 172 valence electrons. The van der Waals surface area contributed by atoms with Gasteiger partial charge in [0.25, 0.3) is 5.91 Å². The van der Waals surface area contributed by atoms with Crippen LogP contribution in [0.25, 0.3) is 0 Å². The molecule has 1 atom stereocenters. The molecule has 2 amide bonds. The van der Waals surface area contributed by atoms with E-state index < -0.39 is 6.04 Å². The molecule has 6 nitrogen and oxygen atoms in total. The summed E-state index contributed by atoms with van der Waals surface area (Å²) < 4.78 is 11.7. The van der Waals surface area contributed by atoms with Crippen molar-refractivity contribution in [3.8, 4) is 11.5 Å². The second kappa shape index (κ2) is 11.6. The van der Waals surface area contributed by atoms with Gasteiger partial charge < -0.3 is 19.7 Å². The van der Waals surface area contributed by atoms with E-state index in [0.717, 1.165) is 41.5 Å². The van der Waals surface area contributed by atoms with Crippen LogP contribution < -0.4 is 14.8 Å². The van der Waals surface area contributed by atoms with E-state index in [4.69, 9.17) is 21.1 Å². The van der Waals surface area contributed by atoms with Crippen molar-refractivity contribution in [3.63, 3.8) is 0 Å². The first-order valence-electron chi connectivity index (χ1n) is 10.7. The summed E-state index contributed by atoms with van der Waals surface area (Å²) in [7, 11) is 1.60. The number of benzene rings is 2. The summed E-state index contributed by atoms with van der Waals surface area (Å²) in [4.78, 5) is 27.6. The van der Waals surface area contributed by atoms with Gasteiger partial charge in [0, 0.05) is 17.1 Å². The zero-order chi connectivity index (χ0) is 23.1. The quantitative estimate of drug-likeness (QED) is 0.504. The Balaban J connectivity index is 1.72. The van der Waals surface area contributed by atoms with E-state index in [2.05, 4.69) is 21.2 Å². The predicted octanol–water partition coefficient (Wildman–Crippen LogP) is 4.97. The highest BCUT2D eigenvalue weighted by Gasteiger charge is 2.28. The number of rotatable bonds is 9. The van der Waals surface area contributed by atoms with Gasteiger partial charge in [-0.2, -0.15) is 0 Å². The van der Waals surface area contributed by atoms with E-state index >= 15 is 0 Å². The van der Waals surface area contributed by atoms with Crippen molar-refractivity contribution in [2.24, 2.45) is 0 Å². The molecule has 1 aliphatic rings. The zero-order valence-electron chi connectivity index (χ0n) is 18.3. The van der Waals surface area contributed by atoms with E-state index in [9.17, 15) is 9.59 Å². The van der Waals surface area contributed by atoms with E-state index in [1.807, 2.05) is 24.3 Å². The number of nitrogens with one attached hydrogen (secondary N) is 1. The smallest absolute Gasteiger partial charge is 0.261 e. The fourth-order valence-electron chi connectivity index (χ4n) is 3.72. The molecule has 32 heavy (non-hydrogen) atoms. The number of carbonyl (C=O) groups is 2. The third kappa shape index (κ3) is 6.62. The standard InChI is InChI=1S/C24H28BrClN2O4/c1-16(24(30)27-19-5-3-4-6-19)28(14-17-7-10-20(31-2)11-8-17)23(29)15-32-22-12-9-18(25)13-21(22)26/h7-13,16,19H,3-6,14-15H2,1-2H3,(H,27,30)/t16-/m1/s1. The Morgan fingerprint density at radius 2 is 1.88 bits per heavy atom. The number of hydrogen-bond acceptors (Lipinski definition) is 4. The van der Waals surface area contributed by atoms with Gasteiger partial charge in [-0.1, -0.05) is 52.5 Å². The second-order valence-electron chi connectivity index (χ2n) is 7.90. The van der Waals surface area contributed by atoms with Crippen molar-refractivity contribution in [2.45, 2.75) is 51.2 Å². The predicted molar refractivity (Wildman–Crippen MR) is 128 cm³/mol. The number of hydrogen-bond donors (Lipinski definition) is 1. The zero-order valence-corrected chi connectivity index (χ0v) is 20.6. The van der Waals surface area contributed by atoms with E-state index in [-0.39, 0.29) is 31.0 Å². The fourth-order valence-corrected chi connectivity index (χ4v) is 4.44. The minimum atomic E-state index is -0.644. The van der Waals surface area contributed by atoms with Crippen LogP contribution in [0.15, 0.2) is 46.9 Å². The van der Waals surface area contributed by atoms with Crippen LogP contribution in [0.4, 0.5) is 0 Å². The molecule has 0 aromatic heterocycles. The number of methoxy groups -OCH3 is 1. The maximum atomic E-state index is 13.1. The first kappa shape index (κ1) is 24.4. The van der Waals surface area contributed by atoms with E-state index in [1.54, 1.807) is 37.1 Å². The molecule has 0 heterocycles. The summed E-state index contributed by atoms with van der Waals surface area (Å²) in [6.45, 7) is 1.80. The van der Waals surface area contributed by atoms with Gasteiger partial charge in [0.05, 0.1) is 12.1 Å². The van der Waals surface area contributed by atoms with E-state index in [1.165, 1.54) is 0 Å². The van der Waals surface area contributed by atoms with Crippen LogP contribution in [0.2, 0.25) is 5.02 Å². The molecule has 8 heteroatoms. The van der Waals surface area contributed by atoms with Gasteiger partial charge in [0.15, 0.2) is 6.61 Å². The molecule has 1 aliphatic carbocycles. The lowest BCUT2D eigenvalue weighted by Gasteiger charge is -2.29. The molecule has 0 spiro atoms. The third-order valence-electron chi connectivity index (χ3n) is 5.63. The lowest BCUT2D eigenvalue weighted by molar-refractivity contribution is -0.142. The first-order valence-corrected chi connectivity index (χ1v) is 11.8. The third-order valence-corrected chi connectivity index (χ3v) is 6.41. The average molecular weight is 524 g/mol. The van der Waals surface area contributed by atoms with Gasteiger partial charge in [-0.05, 0) is 55.7 Å². The van der Waals surface area contributed by atoms with Crippen molar-refractivity contribution >= 4 is 39.3 Å². The summed E-state index contributed by atoms with van der Waals surface area (Å²) in [5.41, 5.74) is 0.890. The van der Waals surface area contributed by atoms with Crippen molar-refractivity contribution in [1.82, 2.24) is 10.2 Å². The number of halogens is 2. The maximum Gasteiger partial charge on any atom is 0.261 e. The molecule has 1 saturated carbocycles. The molecular weight excluding hydrogens is 496 g/mol. The molecule has 2 aromatic carbocycles. The molecule has 0 aliphatic heterocycles. The Morgan fingerprint density at radius 3 is 2.50 bits per heavy atom. The van der Waals surface area contributed by atoms with Crippen LogP contribution in [-0.2, 0) is 16.1 Å². The van der Waals surface area contributed by atoms with Gasteiger partial charge >= 0.3 is 0 Å². The van der Waals surface area contributed by atoms with Gasteiger partial charge in [-0.15, -0.1) is 0 Å². The normalized spacial score (nSPS) is 14.6. The minimum absolute atomic E-state index is 0.152. The molecular formula is C24H28BrClN2O4. The monoisotopic (exact) mass is 522 g/mol. The van der Waals surface area contributed by atoms with Crippen molar-refractivity contribution < 1.29 is 19.1 Å². The topological polar surface area (TPSA) is 67.9 Å². The molecule has 0 bridgehead atoms. The maximum absolute atomic E-state index is 13.1. The molecule has 1 N–H and O–H groups in total. The molecule has 3 rings (SSSR count). The van der Waals surface area contributed by atoms with Crippen LogP contribution in [0.5, 0.6) is 11.5 Å². The summed E-state index contributed by atoms with van der Waals surface area (Å²) >= 11 is 9.55. The number of ether oxygens (including phenoxy) is 2. The summed E-state index contributed by atoms with van der Waals surface area (Å²) in [6.07, 6.45) is 4.21. The Bertz CT molecular complexity index is 932. The highest BCUT2D eigenvalue weighted by Crippen LogP contribution is 2.28. The van der Waals surface area contributed by atoms with Crippen LogP contribution in [0.3, 0.4) is 0 Å². The number of amides is 2. The largest absolute Gasteiger partial charge is 0.497 e. The number of carbonyl (C=O) groups excluding carboxylic acids is 2. The van der Waals surface area contributed by atoms with E-state index in [0.29, 0.717) is 10.8 Å². The van der Waals surface area contributed by atoms with Crippen molar-refractivity contribution in [1.29, 1.82) is 0 Å². The molecule has 0 unspecified atom stereocenters. The second-order valence-corrected chi connectivity index (χ2v) is 9.22. The van der Waals surface area contributed by atoms with Gasteiger partial charge in [0.2, 0.25) is 5.91 Å². The Kier molecular flexibility index (Phi) is 8.82. The summed E-state index contributed by atoms with van der Waals surface area (Å²) in [5.74, 6) is 0.692. The summed E-state index contributed by atoms with van der Waals surface area (Å²) in [6, 6.07) is 12.2. The van der Waals surface area contributed by atoms with Gasteiger partial charge in [-0.3, -0.25) is 9.59 Å². The highest BCUT2D eigenvalue weighted by atomic mass is 79.9. The van der Waals surface area contributed by atoms with Gasteiger partial charge in [-0.25, -0.2) is 0 Å². The molecule has 2 aromatic rings. The lowest BCUT2D eigenvalue weighted by atomic mass is 10.1. The molecule has 0 saturated heterocycles. The van der Waals surface area contributed by atoms with Crippen molar-refractivity contribution in [2.75, 3.05) is 13.7 Å². The molecule has 1 fully saturated rings. The number of nitrogens with zero attached hydrogens (tertiary/aromatic N) is 1. The van der Waals surface area contributed by atoms with Crippen LogP contribution in [-0.4, -0.2) is 42.5 Å². The van der Waals surface area contributed by atoms with Crippen LogP contribution >= 0.6 is 27.5 Å². The Hall–Kier alpha value is -2.25. The minimum Gasteiger partial charge on any atom is -0.497 e. The van der Waals surface area contributed by atoms with Crippen LogP contribution in [0.1, 0.15) is 38.2 Å². The SMILES string of the molecule is COc1ccc(CN(C(=O)COc2ccc(Br)cc2Cl)[C@H](C)C(=O)NC2CCCC2)cc1. The first-order chi connectivity index (χ1) is 15.4. The summed E-state index contributed by atoms with van der Waals surface area (Å²) in [5, 5.41) is 3.49. The lowest BCUT2D eigenvalue weighted by Crippen LogP contribution is -2.50. The van der Waals surface area contributed by atoms with Crippen LogP contribution in [0, 0.1) is 0 Å². The fraction of sp³-hybridized carbons (Fsp3) is 0.417. The average Bonchev–Trinajstić information content (AvgIpc) is 3.29. The van der Waals surface area contributed by atoms with Gasteiger partial charge in [0.1, 0.15) is 17.5 Å². The van der Waals surface area contributed by atoms with Crippen molar-refractivity contribution in [3.05, 3.63) is 57.5 Å². The molecule has 0 radical (unpaired) electrons. The Labute approximate surface area is 202 Å². The highest BCUT2D eigenvalue weighted by molar-refractivity contribution is 9.10.